The summed E-state index contributed by atoms with van der Waals surface area (Å²) >= 11 is 0. The second-order valence-corrected chi connectivity index (χ2v) is 4.28. The largest absolute Gasteiger partial charge is 0.383 e. The Morgan fingerprint density at radius 1 is 1.56 bits per heavy atom. The van der Waals surface area contributed by atoms with E-state index in [1.807, 2.05) is 4.57 Å². The van der Waals surface area contributed by atoms with Gasteiger partial charge < -0.3 is 19.4 Å². The van der Waals surface area contributed by atoms with Crippen LogP contribution in [0.1, 0.15) is 12.7 Å². The van der Waals surface area contributed by atoms with Crippen molar-refractivity contribution < 1.29 is 9.47 Å². The number of ether oxygens (including phenoxy) is 2. The first-order chi connectivity index (χ1) is 7.73. The van der Waals surface area contributed by atoms with E-state index in [2.05, 4.69) is 22.4 Å². The van der Waals surface area contributed by atoms with Crippen LogP contribution in [-0.4, -0.2) is 47.2 Å². The minimum atomic E-state index is -0.0436. The molecule has 0 amide bonds. The molecule has 1 N–H and O–H groups in total. The summed E-state index contributed by atoms with van der Waals surface area (Å²) in [6.07, 6.45) is 1.71. The van der Waals surface area contributed by atoms with E-state index < -0.39 is 0 Å². The van der Waals surface area contributed by atoms with Gasteiger partial charge in [0.15, 0.2) is 5.82 Å². The first-order valence-corrected chi connectivity index (χ1v) is 5.44. The van der Waals surface area contributed by atoms with Crippen molar-refractivity contribution in [1.82, 2.24) is 20.1 Å². The fraction of sp³-hybridized carbons (Fsp3) is 0.800. The molecule has 0 unspecified atom stereocenters. The van der Waals surface area contributed by atoms with Crippen LogP contribution in [0.3, 0.4) is 0 Å². The maximum Gasteiger partial charge on any atom is 0.158 e. The summed E-state index contributed by atoms with van der Waals surface area (Å²) in [6.45, 7) is 5.82. The minimum absolute atomic E-state index is 0.0436. The molecule has 0 aromatic carbocycles. The molecule has 1 aromatic rings. The van der Waals surface area contributed by atoms with Crippen LogP contribution < -0.4 is 5.32 Å². The summed E-state index contributed by atoms with van der Waals surface area (Å²) in [5.41, 5.74) is -0.0436. The predicted octanol–water partition coefficient (Wildman–Crippen LogP) is -0.197. The third-order valence-electron chi connectivity index (χ3n) is 2.78. The third kappa shape index (κ3) is 2.58. The van der Waals surface area contributed by atoms with E-state index >= 15 is 0 Å². The Morgan fingerprint density at radius 2 is 2.38 bits per heavy atom. The highest BCUT2D eigenvalue weighted by atomic mass is 16.5. The summed E-state index contributed by atoms with van der Waals surface area (Å²) in [5.74, 6) is 0.852. The van der Waals surface area contributed by atoms with Gasteiger partial charge in [0.1, 0.15) is 12.9 Å². The molecule has 0 atom stereocenters. The lowest BCUT2D eigenvalue weighted by molar-refractivity contribution is -0.0799. The number of methoxy groups -OCH3 is 1. The first kappa shape index (κ1) is 11.5. The van der Waals surface area contributed by atoms with Crippen molar-refractivity contribution in [3.63, 3.8) is 0 Å². The highest BCUT2D eigenvalue weighted by Crippen LogP contribution is 2.16. The summed E-state index contributed by atoms with van der Waals surface area (Å²) < 4.78 is 12.8. The monoisotopic (exact) mass is 226 g/mol. The number of nitrogens with one attached hydrogen (secondary N) is 1. The van der Waals surface area contributed by atoms with Gasteiger partial charge in [0.25, 0.3) is 0 Å². The van der Waals surface area contributed by atoms with Gasteiger partial charge in [-0.05, 0) is 6.92 Å². The molecule has 2 heterocycles. The molecule has 1 aliphatic heterocycles. The lowest BCUT2D eigenvalue weighted by Gasteiger charge is -2.38. The van der Waals surface area contributed by atoms with Crippen molar-refractivity contribution in [2.75, 3.05) is 26.8 Å². The van der Waals surface area contributed by atoms with Crippen LogP contribution in [-0.2, 0) is 22.6 Å². The molecule has 0 bridgehead atoms. The Morgan fingerprint density at radius 3 is 3.00 bits per heavy atom. The van der Waals surface area contributed by atoms with Gasteiger partial charge in [-0.3, -0.25) is 0 Å². The van der Waals surface area contributed by atoms with Crippen molar-refractivity contribution in [3.8, 4) is 0 Å². The van der Waals surface area contributed by atoms with E-state index in [-0.39, 0.29) is 5.60 Å². The molecular formula is C10H18N4O2. The van der Waals surface area contributed by atoms with E-state index in [1.165, 1.54) is 0 Å². The SMILES string of the molecule is COCCn1cnnc1COC1(C)CNC1. The molecule has 16 heavy (non-hydrogen) atoms. The lowest BCUT2D eigenvalue weighted by Crippen LogP contribution is -2.58. The highest BCUT2D eigenvalue weighted by molar-refractivity contribution is 4.92. The molecule has 90 valence electrons. The van der Waals surface area contributed by atoms with E-state index in [0.29, 0.717) is 13.2 Å². The summed E-state index contributed by atoms with van der Waals surface area (Å²) in [4.78, 5) is 0. The van der Waals surface area contributed by atoms with Crippen molar-refractivity contribution in [3.05, 3.63) is 12.2 Å². The van der Waals surface area contributed by atoms with Crippen LogP contribution in [0.5, 0.6) is 0 Å². The van der Waals surface area contributed by atoms with Crippen LogP contribution in [0, 0.1) is 0 Å². The highest BCUT2D eigenvalue weighted by Gasteiger charge is 2.32. The van der Waals surface area contributed by atoms with E-state index in [9.17, 15) is 0 Å². The van der Waals surface area contributed by atoms with E-state index in [1.54, 1.807) is 13.4 Å². The fourth-order valence-corrected chi connectivity index (χ4v) is 1.58. The second kappa shape index (κ2) is 4.90. The molecule has 0 saturated carbocycles. The zero-order valence-electron chi connectivity index (χ0n) is 9.77. The fourth-order valence-electron chi connectivity index (χ4n) is 1.58. The Labute approximate surface area is 94.9 Å². The lowest BCUT2D eigenvalue weighted by atomic mass is 10.0. The van der Waals surface area contributed by atoms with Gasteiger partial charge in [-0.15, -0.1) is 10.2 Å². The standard InChI is InChI=1S/C10H18N4O2/c1-10(6-11-7-10)16-5-9-13-12-8-14(9)3-4-15-2/h8,11H,3-7H2,1-2H3. The van der Waals surface area contributed by atoms with Gasteiger partial charge in [-0.2, -0.15) is 0 Å². The van der Waals surface area contributed by atoms with Crippen molar-refractivity contribution in [2.24, 2.45) is 0 Å². The molecule has 0 aliphatic carbocycles. The molecule has 2 rings (SSSR count). The van der Waals surface area contributed by atoms with Gasteiger partial charge in [0, 0.05) is 26.7 Å². The second-order valence-electron chi connectivity index (χ2n) is 4.28. The molecular weight excluding hydrogens is 208 g/mol. The minimum Gasteiger partial charge on any atom is -0.383 e. The Bertz CT molecular complexity index is 335. The number of rotatable bonds is 6. The normalized spacial score (nSPS) is 18.4. The third-order valence-corrected chi connectivity index (χ3v) is 2.78. The number of nitrogens with zero attached hydrogens (tertiary/aromatic N) is 3. The van der Waals surface area contributed by atoms with Crippen molar-refractivity contribution in [1.29, 1.82) is 0 Å². The molecule has 6 nitrogen and oxygen atoms in total. The Hall–Kier alpha value is -0.980. The smallest absolute Gasteiger partial charge is 0.158 e. The molecule has 0 spiro atoms. The average Bonchev–Trinajstić information content (AvgIpc) is 2.68. The van der Waals surface area contributed by atoms with E-state index in [0.717, 1.165) is 25.5 Å². The van der Waals surface area contributed by atoms with Crippen LogP contribution >= 0.6 is 0 Å². The number of hydrogen-bond acceptors (Lipinski definition) is 5. The zero-order valence-corrected chi connectivity index (χ0v) is 9.77. The van der Waals surface area contributed by atoms with E-state index in [4.69, 9.17) is 9.47 Å². The van der Waals surface area contributed by atoms with Crippen LogP contribution in [0.15, 0.2) is 6.33 Å². The topological polar surface area (TPSA) is 61.2 Å². The molecule has 6 heteroatoms. The summed E-state index contributed by atoms with van der Waals surface area (Å²) in [6, 6.07) is 0. The molecule has 1 fully saturated rings. The van der Waals surface area contributed by atoms with Crippen LogP contribution in [0.4, 0.5) is 0 Å². The number of hydrogen-bond donors (Lipinski definition) is 1. The molecule has 1 saturated heterocycles. The molecule has 1 aliphatic rings. The van der Waals surface area contributed by atoms with Crippen molar-refractivity contribution >= 4 is 0 Å². The zero-order chi connectivity index (χ0) is 11.4. The van der Waals surface area contributed by atoms with Gasteiger partial charge in [-0.25, -0.2) is 0 Å². The quantitative estimate of drug-likeness (QED) is 0.728. The van der Waals surface area contributed by atoms with Gasteiger partial charge in [0.2, 0.25) is 0 Å². The van der Waals surface area contributed by atoms with Crippen molar-refractivity contribution in [2.45, 2.75) is 25.7 Å². The first-order valence-electron chi connectivity index (χ1n) is 5.44. The Kier molecular flexibility index (Phi) is 3.52. The average molecular weight is 226 g/mol. The van der Waals surface area contributed by atoms with Gasteiger partial charge >= 0.3 is 0 Å². The van der Waals surface area contributed by atoms with Gasteiger partial charge in [-0.1, -0.05) is 0 Å². The Balaban J connectivity index is 1.86. The van der Waals surface area contributed by atoms with Gasteiger partial charge in [0.05, 0.1) is 12.2 Å². The molecule has 0 radical (unpaired) electrons. The van der Waals surface area contributed by atoms with Crippen LogP contribution in [0.2, 0.25) is 0 Å². The predicted molar refractivity (Wildman–Crippen MR) is 58.0 cm³/mol. The van der Waals surface area contributed by atoms with Crippen LogP contribution in [0.25, 0.3) is 0 Å². The maximum absolute atomic E-state index is 5.80. The summed E-state index contributed by atoms with van der Waals surface area (Å²) in [7, 11) is 1.68. The summed E-state index contributed by atoms with van der Waals surface area (Å²) in [5, 5.41) is 11.1. The maximum atomic E-state index is 5.80. The molecule has 1 aromatic heterocycles. The number of aromatic nitrogens is 3.